The summed E-state index contributed by atoms with van der Waals surface area (Å²) >= 11 is 0. The minimum Gasteiger partial charge on any atom is -0.261 e. The van der Waals surface area contributed by atoms with E-state index >= 15 is 0 Å². The molecule has 0 unspecified atom stereocenters. The summed E-state index contributed by atoms with van der Waals surface area (Å²) < 4.78 is 0. The molecule has 2 aromatic rings. The summed E-state index contributed by atoms with van der Waals surface area (Å²) in [6, 6.07) is 12.5. The van der Waals surface area contributed by atoms with Crippen LogP contribution in [0.2, 0.25) is 0 Å². The van der Waals surface area contributed by atoms with Gasteiger partial charge in [0.05, 0.1) is 0 Å². The molecular formula is C16H17N. The molecule has 0 fully saturated rings. The monoisotopic (exact) mass is 223 g/mol. The third kappa shape index (κ3) is 2.62. The van der Waals surface area contributed by atoms with Crippen LogP contribution in [0.1, 0.15) is 29.3 Å². The first-order valence-corrected chi connectivity index (χ1v) is 5.84. The molecule has 0 saturated carbocycles. The Hall–Kier alpha value is -1.89. The van der Waals surface area contributed by atoms with Gasteiger partial charge in [0.1, 0.15) is 0 Å². The lowest BCUT2D eigenvalue weighted by Crippen LogP contribution is -1.90. The second-order valence-corrected chi connectivity index (χ2v) is 4.32. The number of aryl methyl sites for hydroxylation is 2. The number of allylic oxidation sites excluding steroid dienone is 1. The van der Waals surface area contributed by atoms with E-state index in [1.54, 1.807) is 0 Å². The zero-order chi connectivity index (χ0) is 12.3. The minimum atomic E-state index is 1.08. The number of pyridine rings is 1. The van der Waals surface area contributed by atoms with Crippen molar-refractivity contribution < 1.29 is 0 Å². The second kappa shape index (κ2) is 4.96. The van der Waals surface area contributed by atoms with Gasteiger partial charge in [0.2, 0.25) is 0 Å². The second-order valence-electron chi connectivity index (χ2n) is 4.32. The third-order valence-corrected chi connectivity index (χ3v) is 3.00. The van der Waals surface area contributed by atoms with Crippen LogP contribution in [0.25, 0.3) is 11.6 Å². The van der Waals surface area contributed by atoms with Crippen LogP contribution < -0.4 is 0 Å². The van der Waals surface area contributed by atoms with Crippen molar-refractivity contribution in [1.29, 1.82) is 0 Å². The van der Waals surface area contributed by atoms with Crippen LogP contribution in [0, 0.1) is 13.8 Å². The highest BCUT2D eigenvalue weighted by Crippen LogP contribution is 2.20. The van der Waals surface area contributed by atoms with Crippen LogP contribution in [0.15, 0.2) is 42.6 Å². The lowest BCUT2D eigenvalue weighted by molar-refractivity contribution is 1.16. The van der Waals surface area contributed by atoms with Crippen molar-refractivity contribution in [2.45, 2.75) is 20.8 Å². The van der Waals surface area contributed by atoms with E-state index in [9.17, 15) is 0 Å². The largest absolute Gasteiger partial charge is 0.261 e. The topological polar surface area (TPSA) is 12.9 Å². The highest BCUT2D eigenvalue weighted by molar-refractivity contribution is 5.81. The molecule has 0 saturated heterocycles. The number of aromatic nitrogens is 1. The molecule has 1 heteroatoms. The highest BCUT2D eigenvalue weighted by Gasteiger charge is 2.01. The number of hydrogen-bond donors (Lipinski definition) is 0. The van der Waals surface area contributed by atoms with Crippen molar-refractivity contribution in [3.63, 3.8) is 0 Å². The van der Waals surface area contributed by atoms with Crippen molar-refractivity contribution in [2.24, 2.45) is 0 Å². The Labute approximate surface area is 103 Å². The smallest absolute Gasteiger partial charge is 0.0447 e. The van der Waals surface area contributed by atoms with Crippen LogP contribution >= 0.6 is 0 Å². The van der Waals surface area contributed by atoms with E-state index < -0.39 is 0 Å². The molecule has 0 radical (unpaired) electrons. The van der Waals surface area contributed by atoms with Crippen LogP contribution in [-0.2, 0) is 0 Å². The van der Waals surface area contributed by atoms with E-state index in [1.165, 1.54) is 22.3 Å². The van der Waals surface area contributed by atoms with E-state index in [0.29, 0.717) is 0 Å². The van der Waals surface area contributed by atoms with Gasteiger partial charge < -0.3 is 0 Å². The maximum atomic E-state index is 4.34. The molecule has 86 valence electrons. The van der Waals surface area contributed by atoms with Gasteiger partial charge in [-0.05, 0) is 55.2 Å². The van der Waals surface area contributed by atoms with Crippen molar-refractivity contribution in [3.8, 4) is 0 Å². The molecule has 0 amide bonds. The molecule has 0 atom stereocenters. The summed E-state index contributed by atoms with van der Waals surface area (Å²) in [6.07, 6.45) is 4.08. The minimum absolute atomic E-state index is 1.08. The third-order valence-electron chi connectivity index (χ3n) is 3.00. The maximum Gasteiger partial charge on any atom is 0.0447 e. The molecule has 0 aliphatic heterocycles. The van der Waals surface area contributed by atoms with Crippen molar-refractivity contribution in [2.75, 3.05) is 0 Å². The Morgan fingerprint density at radius 2 is 1.76 bits per heavy atom. The molecule has 0 aliphatic rings. The molecule has 0 N–H and O–H groups in total. The molecular weight excluding hydrogens is 206 g/mol. The first kappa shape index (κ1) is 11.6. The summed E-state index contributed by atoms with van der Waals surface area (Å²) in [5, 5.41) is 0. The van der Waals surface area contributed by atoms with Crippen molar-refractivity contribution >= 4 is 11.6 Å². The molecule has 17 heavy (non-hydrogen) atoms. The van der Waals surface area contributed by atoms with E-state index in [-0.39, 0.29) is 0 Å². The first-order chi connectivity index (χ1) is 8.18. The normalized spacial score (nSPS) is 11.6. The Kier molecular flexibility index (Phi) is 3.38. The molecule has 1 aromatic carbocycles. The van der Waals surface area contributed by atoms with E-state index in [2.05, 4.69) is 62.2 Å². The number of nitrogens with zero attached hydrogens (tertiary/aromatic N) is 1. The Bertz CT molecular complexity index is 518. The first-order valence-electron chi connectivity index (χ1n) is 5.84. The number of benzene rings is 1. The molecule has 0 bridgehead atoms. The summed E-state index contributed by atoms with van der Waals surface area (Å²) in [6.45, 7) is 6.32. The standard InChI is InChI=1S/C16H17N/c1-12-9-10-17-14(3)16(12)11-13(2)15-7-5-4-6-8-15/h4-11H,1-3H3/b13-11+. The van der Waals surface area contributed by atoms with Gasteiger partial charge in [-0.2, -0.15) is 0 Å². The van der Waals surface area contributed by atoms with Gasteiger partial charge in [-0.25, -0.2) is 0 Å². The average molecular weight is 223 g/mol. The maximum absolute atomic E-state index is 4.34. The molecule has 1 aromatic heterocycles. The molecule has 2 rings (SSSR count). The molecule has 0 spiro atoms. The predicted octanol–water partition coefficient (Wildman–Crippen LogP) is 4.26. The van der Waals surface area contributed by atoms with Crippen LogP contribution in [0.5, 0.6) is 0 Å². The van der Waals surface area contributed by atoms with Gasteiger partial charge in [0.25, 0.3) is 0 Å². The fourth-order valence-corrected chi connectivity index (χ4v) is 1.92. The summed E-state index contributed by atoms with van der Waals surface area (Å²) in [7, 11) is 0. The Morgan fingerprint density at radius 1 is 1.06 bits per heavy atom. The van der Waals surface area contributed by atoms with E-state index in [1.807, 2.05) is 12.3 Å². The lowest BCUT2D eigenvalue weighted by atomic mass is 10.0. The lowest BCUT2D eigenvalue weighted by Gasteiger charge is -2.06. The van der Waals surface area contributed by atoms with Crippen molar-refractivity contribution in [1.82, 2.24) is 4.98 Å². The summed E-state index contributed by atoms with van der Waals surface area (Å²) in [5.74, 6) is 0. The quantitative estimate of drug-likeness (QED) is 0.741. The fourth-order valence-electron chi connectivity index (χ4n) is 1.92. The predicted molar refractivity (Wildman–Crippen MR) is 73.7 cm³/mol. The van der Waals surface area contributed by atoms with Crippen LogP contribution in [0.4, 0.5) is 0 Å². The van der Waals surface area contributed by atoms with Gasteiger partial charge in [0.15, 0.2) is 0 Å². The average Bonchev–Trinajstić information content (AvgIpc) is 2.35. The molecule has 1 nitrogen and oxygen atoms in total. The van der Waals surface area contributed by atoms with Crippen LogP contribution in [-0.4, -0.2) is 4.98 Å². The highest BCUT2D eigenvalue weighted by atomic mass is 14.7. The SMILES string of the molecule is C/C(=C\c1c(C)ccnc1C)c1ccccc1. The van der Waals surface area contributed by atoms with Crippen LogP contribution in [0.3, 0.4) is 0 Å². The summed E-state index contributed by atoms with van der Waals surface area (Å²) in [4.78, 5) is 4.34. The number of hydrogen-bond acceptors (Lipinski definition) is 1. The van der Waals surface area contributed by atoms with E-state index in [0.717, 1.165) is 5.69 Å². The van der Waals surface area contributed by atoms with Gasteiger partial charge in [-0.1, -0.05) is 30.3 Å². The molecule has 1 heterocycles. The van der Waals surface area contributed by atoms with Gasteiger partial charge in [-0.3, -0.25) is 4.98 Å². The van der Waals surface area contributed by atoms with Gasteiger partial charge in [0, 0.05) is 11.9 Å². The zero-order valence-electron chi connectivity index (χ0n) is 10.6. The van der Waals surface area contributed by atoms with E-state index in [4.69, 9.17) is 0 Å². The summed E-state index contributed by atoms with van der Waals surface area (Å²) in [5.41, 5.74) is 6.11. The zero-order valence-corrected chi connectivity index (χ0v) is 10.6. The Morgan fingerprint density at radius 3 is 2.41 bits per heavy atom. The molecule has 0 aliphatic carbocycles. The van der Waals surface area contributed by atoms with Gasteiger partial charge >= 0.3 is 0 Å². The Balaban J connectivity index is 2.43. The number of rotatable bonds is 2. The fraction of sp³-hybridized carbons (Fsp3) is 0.188. The van der Waals surface area contributed by atoms with Crippen molar-refractivity contribution in [3.05, 3.63) is 65.0 Å². The van der Waals surface area contributed by atoms with Gasteiger partial charge in [-0.15, -0.1) is 0 Å².